The van der Waals surface area contributed by atoms with Crippen LogP contribution in [-0.2, 0) is 20.3 Å². The normalized spacial score (nSPS) is 19.0. The highest BCUT2D eigenvalue weighted by Gasteiger charge is 2.22. The van der Waals surface area contributed by atoms with Crippen LogP contribution in [0.25, 0.3) is 10.7 Å². The monoisotopic (exact) mass is 354 g/mol. The Balaban J connectivity index is 2.04. The Kier molecular flexibility index (Phi) is 4.60. The highest BCUT2D eigenvalue weighted by molar-refractivity contribution is 7.89. The highest BCUT2D eigenvalue weighted by Crippen LogP contribution is 2.25. The van der Waals surface area contributed by atoms with Crippen LogP contribution in [0, 0.1) is 0 Å². The van der Waals surface area contributed by atoms with Gasteiger partial charge in [-0.1, -0.05) is 0 Å². The quantitative estimate of drug-likeness (QED) is 0.819. The zero-order chi connectivity index (χ0) is 16.4. The molecule has 1 aliphatic heterocycles. The van der Waals surface area contributed by atoms with Gasteiger partial charge in [-0.3, -0.25) is 4.98 Å². The van der Waals surface area contributed by atoms with E-state index in [4.69, 9.17) is 4.74 Å². The Hall–Kier alpha value is -1.58. The van der Waals surface area contributed by atoms with E-state index in [2.05, 4.69) is 26.8 Å². The average molecular weight is 354 g/mol. The van der Waals surface area contributed by atoms with Gasteiger partial charge >= 0.3 is 0 Å². The van der Waals surface area contributed by atoms with Crippen molar-refractivity contribution in [1.82, 2.24) is 15.0 Å². The minimum Gasteiger partial charge on any atom is -0.377 e. The van der Waals surface area contributed by atoms with E-state index in [1.165, 1.54) is 17.6 Å². The van der Waals surface area contributed by atoms with Gasteiger partial charge in [0.25, 0.3) is 0 Å². The van der Waals surface area contributed by atoms with E-state index < -0.39 is 9.84 Å². The molecule has 0 aromatic carbocycles. The minimum atomic E-state index is -3.17. The first-order valence-corrected chi connectivity index (χ1v) is 10.2. The van der Waals surface area contributed by atoms with Crippen LogP contribution >= 0.6 is 11.3 Å². The van der Waals surface area contributed by atoms with E-state index in [0.29, 0.717) is 24.7 Å². The van der Waals surface area contributed by atoms with Crippen LogP contribution in [0.15, 0.2) is 17.8 Å². The van der Waals surface area contributed by atoms with Crippen molar-refractivity contribution in [1.29, 1.82) is 0 Å². The Labute approximate surface area is 139 Å². The summed E-state index contributed by atoms with van der Waals surface area (Å²) in [6, 6.07) is 1.94. The summed E-state index contributed by atoms with van der Waals surface area (Å²) in [5.41, 5.74) is 2.21. The molecule has 1 aliphatic rings. The third-order valence-electron chi connectivity index (χ3n) is 3.49. The number of aromatic nitrogens is 3. The summed E-state index contributed by atoms with van der Waals surface area (Å²) in [6.45, 7) is 4.04. The van der Waals surface area contributed by atoms with Crippen molar-refractivity contribution in [3.05, 3.63) is 23.5 Å². The van der Waals surface area contributed by atoms with E-state index >= 15 is 0 Å². The summed E-state index contributed by atoms with van der Waals surface area (Å²) in [5.74, 6) is 1.15. The number of thiazole rings is 1. The maximum absolute atomic E-state index is 11.6. The summed E-state index contributed by atoms with van der Waals surface area (Å²) in [4.78, 5) is 16.0. The highest BCUT2D eigenvalue weighted by atomic mass is 32.2. The van der Waals surface area contributed by atoms with Gasteiger partial charge in [0.05, 0.1) is 41.1 Å². The number of anilines is 1. The number of ether oxygens (including phenoxy) is 1. The Morgan fingerprint density at radius 3 is 2.91 bits per heavy atom. The summed E-state index contributed by atoms with van der Waals surface area (Å²) in [6.07, 6.45) is 2.90. The van der Waals surface area contributed by atoms with E-state index in [0.717, 1.165) is 17.2 Å². The van der Waals surface area contributed by atoms with Gasteiger partial charge in [-0.05, 0) is 6.92 Å². The molecule has 1 atom stereocenters. The van der Waals surface area contributed by atoms with E-state index in [9.17, 15) is 8.42 Å². The average Bonchev–Trinajstić information content (AvgIpc) is 2.99. The molecule has 0 unspecified atom stereocenters. The van der Waals surface area contributed by atoms with Crippen molar-refractivity contribution >= 4 is 27.0 Å². The maximum atomic E-state index is 11.6. The molecule has 1 fully saturated rings. The second kappa shape index (κ2) is 6.50. The third kappa shape index (κ3) is 4.04. The number of hydrogen-bond donors (Lipinski definition) is 0. The Morgan fingerprint density at radius 1 is 1.43 bits per heavy atom. The largest absolute Gasteiger partial charge is 0.377 e. The molecule has 23 heavy (non-hydrogen) atoms. The van der Waals surface area contributed by atoms with Gasteiger partial charge in [-0.25, -0.2) is 18.4 Å². The molecular formula is C14H18N4O3S2. The first-order chi connectivity index (χ1) is 10.9. The lowest BCUT2D eigenvalue weighted by atomic mass is 10.2. The predicted molar refractivity (Wildman–Crippen MR) is 89.3 cm³/mol. The standard InChI is InChI=1S/C14H18N4O3S2/c1-10-7-21-4-3-18(10)13-5-11(8-23(2,19)20)16-14(17-13)12-6-15-9-22-12/h5-6,9-10H,3-4,7-8H2,1-2H3/t10-/m0/s1. The molecule has 3 rings (SSSR count). The van der Waals surface area contributed by atoms with Gasteiger partial charge in [0.2, 0.25) is 0 Å². The zero-order valence-electron chi connectivity index (χ0n) is 13.0. The van der Waals surface area contributed by atoms with E-state index in [1.54, 1.807) is 17.8 Å². The molecule has 0 radical (unpaired) electrons. The van der Waals surface area contributed by atoms with Crippen LogP contribution < -0.4 is 4.90 Å². The summed E-state index contributed by atoms with van der Waals surface area (Å²) in [7, 11) is -3.17. The molecule has 2 aromatic rings. The van der Waals surface area contributed by atoms with Crippen LogP contribution in [0.1, 0.15) is 12.6 Å². The van der Waals surface area contributed by atoms with Crippen LogP contribution in [0.4, 0.5) is 5.82 Å². The van der Waals surface area contributed by atoms with Gasteiger partial charge in [0.1, 0.15) is 5.82 Å². The molecule has 124 valence electrons. The second-order valence-corrected chi connectivity index (χ2v) is 8.62. The van der Waals surface area contributed by atoms with Crippen molar-refractivity contribution in [2.24, 2.45) is 0 Å². The number of sulfone groups is 1. The lowest BCUT2D eigenvalue weighted by Crippen LogP contribution is -2.44. The molecule has 0 spiro atoms. The minimum absolute atomic E-state index is 0.104. The molecule has 0 bridgehead atoms. The molecule has 3 heterocycles. The van der Waals surface area contributed by atoms with E-state index in [-0.39, 0.29) is 11.8 Å². The van der Waals surface area contributed by atoms with Crippen LogP contribution in [0.5, 0.6) is 0 Å². The molecule has 0 saturated carbocycles. The van der Waals surface area contributed by atoms with Crippen molar-refractivity contribution in [3.63, 3.8) is 0 Å². The first-order valence-electron chi connectivity index (χ1n) is 7.21. The molecule has 7 nitrogen and oxygen atoms in total. The lowest BCUT2D eigenvalue weighted by Gasteiger charge is -2.34. The fourth-order valence-corrected chi connectivity index (χ4v) is 3.72. The lowest BCUT2D eigenvalue weighted by molar-refractivity contribution is 0.0985. The SMILES string of the molecule is C[C@H]1COCCN1c1cc(CS(C)(=O)=O)nc(-c2cncs2)n1. The van der Waals surface area contributed by atoms with Gasteiger partial charge in [-0.2, -0.15) is 0 Å². The summed E-state index contributed by atoms with van der Waals surface area (Å²) < 4.78 is 28.8. The van der Waals surface area contributed by atoms with Crippen molar-refractivity contribution < 1.29 is 13.2 Å². The number of nitrogens with zero attached hydrogens (tertiary/aromatic N) is 4. The number of rotatable bonds is 4. The Bertz CT molecular complexity index is 777. The van der Waals surface area contributed by atoms with Gasteiger partial charge < -0.3 is 9.64 Å². The van der Waals surface area contributed by atoms with Crippen molar-refractivity contribution in [3.8, 4) is 10.7 Å². The number of morpholine rings is 1. The molecular weight excluding hydrogens is 336 g/mol. The molecule has 0 N–H and O–H groups in total. The molecule has 0 aliphatic carbocycles. The third-order valence-corrected chi connectivity index (χ3v) is 5.08. The van der Waals surface area contributed by atoms with Crippen LogP contribution in [0.2, 0.25) is 0 Å². The van der Waals surface area contributed by atoms with Gasteiger partial charge in [0, 0.05) is 25.1 Å². The van der Waals surface area contributed by atoms with Crippen LogP contribution in [0.3, 0.4) is 0 Å². The number of hydrogen-bond acceptors (Lipinski definition) is 8. The first kappa shape index (κ1) is 16.3. The molecule has 1 saturated heterocycles. The predicted octanol–water partition coefficient (Wildman–Crippen LogP) is 1.37. The van der Waals surface area contributed by atoms with Gasteiger partial charge in [-0.15, -0.1) is 11.3 Å². The summed E-state index contributed by atoms with van der Waals surface area (Å²) in [5, 5.41) is 0. The molecule has 2 aromatic heterocycles. The zero-order valence-corrected chi connectivity index (χ0v) is 14.6. The molecule has 0 amide bonds. The topological polar surface area (TPSA) is 85.3 Å². The van der Waals surface area contributed by atoms with Gasteiger partial charge in [0.15, 0.2) is 15.7 Å². The van der Waals surface area contributed by atoms with E-state index in [1.807, 2.05) is 0 Å². The molecule has 9 heteroatoms. The smallest absolute Gasteiger partial charge is 0.173 e. The van der Waals surface area contributed by atoms with Crippen molar-refractivity contribution in [2.45, 2.75) is 18.7 Å². The second-order valence-electron chi connectivity index (χ2n) is 5.59. The maximum Gasteiger partial charge on any atom is 0.173 e. The fourth-order valence-electron chi connectivity index (χ4n) is 2.48. The Morgan fingerprint density at radius 2 is 2.26 bits per heavy atom. The van der Waals surface area contributed by atoms with Crippen molar-refractivity contribution in [2.75, 3.05) is 30.9 Å². The fraction of sp³-hybridized carbons (Fsp3) is 0.500. The van der Waals surface area contributed by atoms with Crippen LogP contribution in [-0.4, -0.2) is 55.4 Å². The summed E-state index contributed by atoms with van der Waals surface area (Å²) >= 11 is 1.43.